The van der Waals surface area contributed by atoms with Crippen LogP contribution >= 0.6 is 31.9 Å². The Morgan fingerprint density at radius 3 is 2.40 bits per heavy atom. The maximum Gasteiger partial charge on any atom is 0.205 e. The molecule has 0 N–H and O–H groups in total. The number of hydrogen-bond donors (Lipinski definition) is 0. The lowest BCUT2D eigenvalue weighted by atomic mass is 10.1. The van der Waals surface area contributed by atoms with Gasteiger partial charge < -0.3 is 9.47 Å². The second-order valence-corrected chi connectivity index (χ2v) is 6.20. The maximum atomic E-state index is 6.23. The minimum Gasteiger partial charge on any atom is -0.342 e. The van der Waals surface area contributed by atoms with Crippen LogP contribution in [0.5, 0.6) is 0 Å². The van der Waals surface area contributed by atoms with E-state index in [1.54, 1.807) is 0 Å². The second-order valence-electron chi connectivity index (χ2n) is 4.72. The van der Waals surface area contributed by atoms with E-state index in [0.29, 0.717) is 11.9 Å². The fourth-order valence-corrected chi connectivity index (χ4v) is 3.22. The van der Waals surface area contributed by atoms with Crippen molar-refractivity contribution in [2.24, 2.45) is 0 Å². The van der Waals surface area contributed by atoms with Gasteiger partial charge in [-0.1, -0.05) is 74.3 Å². The Morgan fingerprint density at radius 1 is 1.05 bits per heavy atom. The van der Waals surface area contributed by atoms with Gasteiger partial charge >= 0.3 is 0 Å². The molecule has 0 amide bonds. The molecule has 0 unspecified atom stereocenters. The van der Waals surface area contributed by atoms with E-state index < -0.39 is 5.79 Å². The van der Waals surface area contributed by atoms with Gasteiger partial charge in [0.05, 0.1) is 11.9 Å². The molecule has 1 aliphatic heterocycles. The molecule has 2 nitrogen and oxygen atoms in total. The first-order valence-corrected chi connectivity index (χ1v) is 8.34. The minimum atomic E-state index is -0.695. The highest BCUT2D eigenvalue weighted by Gasteiger charge is 2.42. The van der Waals surface area contributed by atoms with Gasteiger partial charge in [0.25, 0.3) is 0 Å². The average Bonchev–Trinajstić information content (AvgIpc) is 2.95. The van der Waals surface area contributed by atoms with Crippen molar-refractivity contribution in [3.05, 3.63) is 70.2 Å². The predicted octanol–water partition coefficient (Wildman–Crippen LogP) is 4.78. The molecule has 1 heterocycles. The quantitative estimate of drug-likeness (QED) is 0.693. The lowest BCUT2D eigenvalue weighted by Gasteiger charge is -2.26. The van der Waals surface area contributed by atoms with Crippen molar-refractivity contribution in [3.63, 3.8) is 0 Å². The molecule has 20 heavy (non-hydrogen) atoms. The van der Waals surface area contributed by atoms with Gasteiger partial charge in [-0.25, -0.2) is 0 Å². The van der Waals surface area contributed by atoms with Gasteiger partial charge in [-0.3, -0.25) is 0 Å². The molecule has 0 saturated carbocycles. The molecule has 2 atom stereocenters. The van der Waals surface area contributed by atoms with E-state index in [1.807, 2.05) is 42.5 Å². The SMILES string of the molecule is BrC[C@]1(c2ccccc2)OC[C@@H](c2ccc(Br)cc2)O1. The molecule has 0 aliphatic carbocycles. The lowest BCUT2D eigenvalue weighted by molar-refractivity contribution is -0.157. The molecular formula is C16H14Br2O2. The minimum absolute atomic E-state index is 0.0409. The topological polar surface area (TPSA) is 18.5 Å². The summed E-state index contributed by atoms with van der Waals surface area (Å²) in [6, 6.07) is 18.2. The Balaban J connectivity index is 1.86. The van der Waals surface area contributed by atoms with Gasteiger partial charge in [0.2, 0.25) is 5.79 Å². The van der Waals surface area contributed by atoms with Crippen LogP contribution < -0.4 is 0 Å². The van der Waals surface area contributed by atoms with Crippen molar-refractivity contribution in [3.8, 4) is 0 Å². The van der Waals surface area contributed by atoms with Crippen molar-refractivity contribution in [1.29, 1.82) is 0 Å². The number of ether oxygens (including phenoxy) is 2. The summed E-state index contributed by atoms with van der Waals surface area (Å²) in [5.41, 5.74) is 2.17. The molecule has 2 aromatic rings. The molecule has 4 heteroatoms. The number of alkyl halides is 1. The monoisotopic (exact) mass is 396 g/mol. The van der Waals surface area contributed by atoms with E-state index >= 15 is 0 Å². The zero-order chi connectivity index (χ0) is 14.0. The van der Waals surface area contributed by atoms with Gasteiger partial charge in [0, 0.05) is 10.0 Å². The molecule has 0 bridgehead atoms. The smallest absolute Gasteiger partial charge is 0.205 e. The fourth-order valence-electron chi connectivity index (χ4n) is 2.34. The summed E-state index contributed by atoms with van der Waals surface area (Å²) in [7, 11) is 0. The average molecular weight is 398 g/mol. The van der Waals surface area contributed by atoms with Gasteiger partial charge in [0.1, 0.15) is 6.10 Å². The number of rotatable bonds is 3. The van der Waals surface area contributed by atoms with Crippen LogP contribution in [0.1, 0.15) is 17.2 Å². The van der Waals surface area contributed by atoms with Crippen LogP contribution in [-0.2, 0) is 15.3 Å². The maximum absolute atomic E-state index is 6.23. The Morgan fingerprint density at radius 2 is 1.75 bits per heavy atom. The number of halogens is 2. The molecule has 1 aliphatic rings. The third-order valence-electron chi connectivity index (χ3n) is 3.43. The first-order valence-electron chi connectivity index (χ1n) is 6.42. The van der Waals surface area contributed by atoms with Crippen LogP contribution in [0.25, 0.3) is 0 Å². The zero-order valence-corrected chi connectivity index (χ0v) is 13.9. The van der Waals surface area contributed by atoms with Crippen LogP contribution in [0.3, 0.4) is 0 Å². The first-order chi connectivity index (χ1) is 9.73. The lowest BCUT2D eigenvalue weighted by Crippen LogP contribution is -2.29. The first kappa shape index (κ1) is 14.3. The molecule has 0 radical (unpaired) electrons. The summed E-state index contributed by atoms with van der Waals surface area (Å²) in [4.78, 5) is 0. The van der Waals surface area contributed by atoms with Crippen LogP contribution in [-0.4, -0.2) is 11.9 Å². The highest BCUT2D eigenvalue weighted by molar-refractivity contribution is 9.10. The number of hydrogen-bond acceptors (Lipinski definition) is 2. The van der Waals surface area contributed by atoms with E-state index in [0.717, 1.165) is 15.6 Å². The molecule has 104 valence electrons. The van der Waals surface area contributed by atoms with Gasteiger partial charge in [-0.15, -0.1) is 0 Å². The van der Waals surface area contributed by atoms with Crippen LogP contribution in [0, 0.1) is 0 Å². The third kappa shape index (κ3) is 2.70. The van der Waals surface area contributed by atoms with Crippen molar-refractivity contribution in [1.82, 2.24) is 0 Å². The third-order valence-corrected chi connectivity index (χ3v) is 4.70. The molecule has 1 fully saturated rings. The van der Waals surface area contributed by atoms with E-state index in [-0.39, 0.29) is 6.10 Å². The predicted molar refractivity (Wildman–Crippen MR) is 85.8 cm³/mol. The molecule has 0 spiro atoms. The highest BCUT2D eigenvalue weighted by atomic mass is 79.9. The normalized spacial score (nSPS) is 25.8. The molecular weight excluding hydrogens is 384 g/mol. The van der Waals surface area contributed by atoms with Crippen LogP contribution in [0.15, 0.2) is 59.1 Å². The van der Waals surface area contributed by atoms with Crippen molar-refractivity contribution in [2.45, 2.75) is 11.9 Å². The van der Waals surface area contributed by atoms with E-state index in [1.165, 1.54) is 0 Å². The summed E-state index contributed by atoms with van der Waals surface area (Å²) >= 11 is 6.97. The Labute approximate surface area is 135 Å². The zero-order valence-electron chi connectivity index (χ0n) is 10.8. The van der Waals surface area contributed by atoms with Crippen molar-refractivity contribution < 1.29 is 9.47 Å². The molecule has 1 saturated heterocycles. The van der Waals surface area contributed by atoms with Gasteiger partial charge in [-0.2, -0.15) is 0 Å². The van der Waals surface area contributed by atoms with Crippen LogP contribution in [0.2, 0.25) is 0 Å². The van der Waals surface area contributed by atoms with Crippen molar-refractivity contribution >= 4 is 31.9 Å². The van der Waals surface area contributed by atoms with Gasteiger partial charge in [-0.05, 0) is 17.7 Å². The summed E-state index contributed by atoms with van der Waals surface area (Å²) in [5, 5.41) is 0.608. The van der Waals surface area contributed by atoms with Crippen molar-refractivity contribution in [2.75, 3.05) is 11.9 Å². The molecule has 2 aromatic carbocycles. The molecule has 3 rings (SSSR count). The largest absolute Gasteiger partial charge is 0.342 e. The van der Waals surface area contributed by atoms with E-state index in [9.17, 15) is 0 Å². The summed E-state index contributed by atoms with van der Waals surface area (Å²) in [6.45, 7) is 0.558. The molecule has 0 aromatic heterocycles. The Hall–Kier alpha value is -0.680. The summed E-state index contributed by atoms with van der Waals surface area (Å²) < 4.78 is 13.3. The standard InChI is InChI=1S/C16H14Br2O2/c17-11-16(13-4-2-1-3-5-13)19-10-15(20-16)12-6-8-14(18)9-7-12/h1-9,15H,10-11H2/t15-,16-/m0/s1. The Kier molecular flexibility index (Phi) is 4.26. The van der Waals surface area contributed by atoms with Crippen LogP contribution in [0.4, 0.5) is 0 Å². The van der Waals surface area contributed by atoms with E-state index in [4.69, 9.17) is 9.47 Å². The summed E-state index contributed by atoms with van der Waals surface area (Å²) in [6.07, 6.45) is -0.0409. The number of benzene rings is 2. The van der Waals surface area contributed by atoms with Gasteiger partial charge in [0.15, 0.2) is 0 Å². The second kappa shape index (κ2) is 5.98. The highest BCUT2D eigenvalue weighted by Crippen LogP contribution is 2.41. The fraction of sp³-hybridized carbons (Fsp3) is 0.250. The Bertz CT molecular complexity index is 571. The van der Waals surface area contributed by atoms with E-state index in [2.05, 4.69) is 44.0 Å². The summed E-state index contributed by atoms with van der Waals surface area (Å²) in [5.74, 6) is -0.695.